The highest BCUT2D eigenvalue weighted by molar-refractivity contribution is 6.36. The zero-order valence-corrected chi connectivity index (χ0v) is 19.7. The molecule has 8 heteroatoms. The Kier molecular flexibility index (Phi) is 7.46. The molecule has 1 atom stereocenters. The molecule has 1 aromatic heterocycles. The van der Waals surface area contributed by atoms with Gasteiger partial charge in [0.1, 0.15) is 18.4 Å². The van der Waals surface area contributed by atoms with Crippen LogP contribution in [0.2, 0.25) is 15.1 Å². The second-order valence-electron chi connectivity index (χ2n) is 7.58. The quantitative estimate of drug-likeness (QED) is 0.244. The van der Waals surface area contributed by atoms with Crippen molar-refractivity contribution in [1.82, 2.24) is 10.3 Å². The SMILES string of the molecule is O=C(O)[C@@H](Cc1c[nH]c2ccccc12)NCc1cc(Cl)ccc1OCc1c(Cl)cccc1Cl. The van der Waals surface area contributed by atoms with Gasteiger partial charge in [-0.3, -0.25) is 10.1 Å². The van der Waals surface area contributed by atoms with E-state index in [1.807, 2.05) is 30.5 Å². The number of ether oxygens (including phenoxy) is 1. The molecule has 1 heterocycles. The number of nitrogens with one attached hydrogen (secondary N) is 2. The largest absolute Gasteiger partial charge is 0.488 e. The van der Waals surface area contributed by atoms with E-state index in [0.29, 0.717) is 32.8 Å². The molecule has 0 saturated heterocycles. The number of fused-ring (bicyclic) bond motifs is 1. The summed E-state index contributed by atoms with van der Waals surface area (Å²) in [6.07, 6.45) is 2.18. The standard InChI is InChI=1S/C25H21Cl3N2O3/c26-17-8-9-24(33-14-19-20(27)5-3-6-21(19)28)16(10-17)13-30-23(25(31)32)11-15-12-29-22-7-2-1-4-18(15)22/h1-10,12,23,29-30H,11,13-14H2,(H,31,32)/t23-/m1/s1. The van der Waals surface area contributed by atoms with Gasteiger partial charge in [-0.25, -0.2) is 0 Å². The van der Waals surface area contributed by atoms with E-state index in [0.717, 1.165) is 22.0 Å². The highest BCUT2D eigenvalue weighted by Gasteiger charge is 2.20. The van der Waals surface area contributed by atoms with Crippen molar-refractivity contribution in [3.63, 3.8) is 0 Å². The summed E-state index contributed by atoms with van der Waals surface area (Å²) < 4.78 is 5.98. The van der Waals surface area contributed by atoms with E-state index in [2.05, 4.69) is 10.3 Å². The highest BCUT2D eigenvalue weighted by Crippen LogP contribution is 2.28. The topological polar surface area (TPSA) is 74.3 Å². The molecule has 0 saturated carbocycles. The molecule has 0 aliphatic carbocycles. The van der Waals surface area contributed by atoms with Crippen LogP contribution in [-0.4, -0.2) is 22.1 Å². The first-order chi connectivity index (χ1) is 15.9. The summed E-state index contributed by atoms with van der Waals surface area (Å²) in [5.41, 5.74) is 3.31. The van der Waals surface area contributed by atoms with Crippen LogP contribution in [0.5, 0.6) is 5.75 Å². The fourth-order valence-electron chi connectivity index (χ4n) is 3.65. The molecule has 33 heavy (non-hydrogen) atoms. The minimum absolute atomic E-state index is 0.171. The molecule has 170 valence electrons. The summed E-state index contributed by atoms with van der Waals surface area (Å²) in [5, 5.41) is 15.5. The first-order valence-corrected chi connectivity index (χ1v) is 11.4. The number of para-hydroxylation sites is 1. The summed E-state index contributed by atoms with van der Waals surface area (Å²) in [6.45, 7) is 0.427. The molecular weight excluding hydrogens is 483 g/mol. The molecule has 0 aliphatic rings. The minimum atomic E-state index is -0.937. The number of aromatic nitrogens is 1. The van der Waals surface area contributed by atoms with E-state index in [-0.39, 0.29) is 13.2 Å². The lowest BCUT2D eigenvalue weighted by molar-refractivity contribution is -0.139. The van der Waals surface area contributed by atoms with Crippen molar-refractivity contribution in [1.29, 1.82) is 0 Å². The lowest BCUT2D eigenvalue weighted by Gasteiger charge is -2.17. The average Bonchev–Trinajstić information content (AvgIpc) is 3.20. The molecule has 0 bridgehead atoms. The van der Waals surface area contributed by atoms with E-state index in [9.17, 15) is 9.90 Å². The minimum Gasteiger partial charge on any atom is -0.488 e. The van der Waals surface area contributed by atoms with Gasteiger partial charge in [-0.2, -0.15) is 0 Å². The van der Waals surface area contributed by atoms with Crippen molar-refractivity contribution in [2.45, 2.75) is 25.6 Å². The van der Waals surface area contributed by atoms with Gasteiger partial charge in [0.2, 0.25) is 0 Å². The molecular formula is C25H21Cl3N2O3. The zero-order chi connectivity index (χ0) is 23.4. The van der Waals surface area contributed by atoms with Gasteiger partial charge in [-0.15, -0.1) is 0 Å². The number of carboxylic acid groups (broad SMARTS) is 1. The first kappa shape index (κ1) is 23.5. The molecule has 0 amide bonds. The van der Waals surface area contributed by atoms with Crippen molar-refractivity contribution in [2.75, 3.05) is 0 Å². The number of hydrogen-bond acceptors (Lipinski definition) is 3. The van der Waals surface area contributed by atoms with Crippen molar-refractivity contribution < 1.29 is 14.6 Å². The number of rotatable bonds is 9. The number of aromatic amines is 1. The smallest absolute Gasteiger partial charge is 0.321 e. The molecule has 4 rings (SSSR count). The Morgan fingerprint density at radius 2 is 1.76 bits per heavy atom. The third kappa shape index (κ3) is 5.63. The van der Waals surface area contributed by atoms with Crippen LogP contribution in [0, 0.1) is 0 Å². The summed E-state index contributed by atoms with van der Waals surface area (Å²) >= 11 is 18.7. The van der Waals surface area contributed by atoms with Crippen LogP contribution in [0.1, 0.15) is 16.7 Å². The number of H-pyrrole nitrogens is 1. The van der Waals surface area contributed by atoms with E-state index >= 15 is 0 Å². The maximum atomic E-state index is 12.0. The number of aliphatic carboxylic acids is 1. The van der Waals surface area contributed by atoms with Crippen LogP contribution in [0.25, 0.3) is 10.9 Å². The van der Waals surface area contributed by atoms with Crippen molar-refractivity contribution >= 4 is 51.7 Å². The van der Waals surface area contributed by atoms with Gasteiger partial charge >= 0.3 is 5.97 Å². The number of carboxylic acids is 1. The molecule has 3 aromatic carbocycles. The van der Waals surface area contributed by atoms with Crippen LogP contribution in [0.3, 0.4) is 0 Å². The van der Waals surface area contributed by atoms with E-state index in [1.165, 1.54) is 0 Å². The van der Waals surface area contributed by atoms with Crippen molar-refractivity contribution in [3.8, 4) is 5.75 Å². The Hall–Kier alpha value is -2.70. The maximum Gasteiger partial charge on any atom is 0.321 e. The average molecular weight is 504 g/mol. The number of hydrogen-bond donors (Lipinski definition) is 3. The van der Waals surface area contributed by atoms with Gasteiger partial charge in [0.05, 0.1) is 0 Å². The van der Waals surface area contributed by atoms with Crippen LogP contribution in [-0.2, 0) is 24.4 Å². The van der Waals surface area contributed by atoms with Crippen LogP contribution in [0.15, 0.2) is 66.9 Å². The van der Waals surface area contributed by atoms with Gasteiger partial charge in [0.15, 0.2) is 0 Å². The lowest BCUT2D eigenvalue weighted by Crippen LogP contribution is -2.38. The predicted molar refractivity (Wildman–Crippen MR) is 133 cm³/mol. The number of benzene rings is 3. The van der Waals surface area contributed by atoms with Crippen LogP contribution in [0.4, 0.5) is 0 Å². The van der Waals surface area contributed by atoms with Crippen LogP contribution >= 0.6 is 34.8 Å². The zero-order valence-electron chi connectivity index (χ0n) is 17.4. The summed E-state index contributed by atoms with van der Waals surface area (Å²) in [6, 6.07) is 17.5. The summed E-state index contributed by atoms with van der Waals surface area (Å²) in [5.74, 6) is -0.369. The van der Waals surface area contributed by atoms with Gasteiger partial charge < -0.3 is 14.8 Å². The molecule has 5 nitrogen and oxygen atoms in total. The fraction of sp³-hybridized carbons (Fsp3) is 0.160. The van der Waals surface area contributed by atoms with E-state index < -0.39 is 12.0 Å². The Bertz CT molecular complexity index is 1270. The third-order valence-electron chi connectivity index (χ3n) is 5.39. The molecule has 3 N–H and O–H groups in total. The highest BCUT2D eigenvalue weighted by atomic mass is 35.5. The molecule has 0 unspecified atom stereocenters. The number of halogens is 3. The Labute approximate surface area is 206 Å². The molecule has 4 aromatic rings. The van der Waals surface area contributed by atoms with Gasteiger partial charge in [-0.05, 0) is 42.0 Å². The Morgan fingerprint density at radius 1 is 1.00 bits per heavy atom. The summed E-state index contributed by atoms with van der Waals surface area (Å²) in [4.78, 5) is 15.1. The van der Waals surface area contributed by atoms with Gasteiger partial charge in [0.25, 0.3) is 0 Å². The fourth-order valence-corrected chi connectivity index (χ4v) is 4.35. The second kappa shape index (κ2) is 10.5. The van der Waals surface area contributed by atoms with Crippen molar-refractivity contribution in [3.05, 3.63) is 98.6 Å². The normalized spacial score (nSPS) is 12.1. The second-order valence-corrected chi connectivity index (χ2v) is 8.83. The van der Waals surface area contributed by atoms with Gasteiger partial charge in [0, 0.05) is 56.3 Å². The van der Waals surface area contributed by atoms with E-state index in [4.69, 9.17) is 39.5 Å². The predicted octanol–water partition coefficient (Wildman–Crippen LogP) is 6.49. The molecule has 0 fully saturated rings. The monoisotopic (exact) mass is 502 g/mol. The Morgan fingerprint density at radius 3 is 2.52 bits per heavy atom. The molecule has 0 radical (unpaired) electrons. The molecule has 0 aliphatic heterocycles. The maximum absolute atomic E-state index is 12.0. The first-order valence-electron chi connectivity index (χ1n) is 10.3. The van der Waals surface area contributed by atoms with Gasteiger partial charge in [-0.1, -0.05) is 59.1 Å². The van der Waals surface area contributed by atoms with Crippen molar-refractivity contribution in [2.24, 2.45) is 0 Å². The number of carbonyl (C=O) groups is 1. The van der Waals surface area contributed by atoms with Crippen LogP contribution < -0.4 is 10.1 Å². The molecule has 0 spiro atoms. The third-order valence-corrected chi connectivity index (χ3v) is 6.34. The summed E-state index contributed by atoms with van der Waals surface area (Å²) in [7, 11) is 0. The van der Waals surface area contributed by atoms with E-state index in [1.54, 1.807) is 36.4 Å². The Balaban J connectivity index is 1.49. The lowest BCUT2D eigenvalue weighted by atomic mass is 10.0.